The normalized spacial score (nSPS) is 12.6. The second-order valence-corrected chi connectivity index (χ2v) is 3.71. The van der Waals surface area contributed by atoms with E-state index in [9.17, 15) is 4.79 Å². The summed E-state index contributed by atoms with van der Waals surface area (Å²) in [5.74, 6) is 3.76. The van der Waals surface area contributed by atoms with Crippen molar-refractivity contribution in [1.29, 1.82) is 0 Å². The van der Waals surface area contributed by atoms with Crippen LogP contribution in [-0.4, -0.2) is 23.7 Å². The van der Waals surface area contributed by atoms with Crippen LogP contribution in [0, 0.1) is 6.92 Å². The lowest BCUT2D eigenvalue weighted by molar-refractivity contribution is -0.139. The number of anilines is 1. The molecular weight excluding hydrogens is 236 g/mol. The number of benzene rings is 1. The number of carboxylic acids is 1. The Kier molecular flexibility index (Phi) is 5.75. The summed E-state index contributed by atoms with van der Waals surface area (Å²) in [5, 5.41) is 16.2. The highest BCUT2D eigenvalue weighted by Gasteiger charge is 2.15. The largest absolute Gasteiger partial charge is 0.480 e. The molecule has 0 bridgehead atoms. The van der Waals surface area contributed by atoms with Gasteiger partial charge in [-0.2, -0.15) is 5.11 Å². The van der Waals surface area contributed by atoms with Crippen molar-refractivity contribution in [1.82, 2.24) is 0 Å². The Balaban J connectivity index is 2.53. The SMILES string of the molecule is Cc1cccc(NN=N[C@@H](CCON)C(=O)O)c1. The van der Waals surface area contributed by atoms with Gasteiger partial charge in [-0.1, -0.05) is 17.4 Å². The second kappa shape index (κ2) is 7.36. The standard InChI is InChI=1S/C11H16N4O3/c1-8-3-2-4-9(7-8)13-15-14-10(11(16)17)5-6-18-12/h2-4,7,10H,5-6,12H2,1H3,(H,13,14)(H,16,17)/t10-/m0/s1. The number of aliphatic carboxylic acids is 1. The molecule has 0 amide bonds. The van der Waals surface area contributed by atoms with E-state index in [1.807, 2.05) is 31.2 Å². The van der Waals surface area contributed by atoms with Gasteiger partial charge in [0.25, 0.3) is 0 Å². The molecule has 0 saturated heterocycles. The van der Waals surface area contributed by atoms with Crippen LogP contribution in [0.5, 0.6) is 0 Å². The summed E-state index contributed by atoms with van der Waals surface area (Å²) in [6.45, 7) is 2.06. The van der Waals surface area contributed by atoms with Crippen LogP contribution in [0.3, 0.4) is 0 Å². The van der Waals surface area contributed by atoms with E-state index in [-0.39, 0.29) is 13.0 Å². The highest BCUT2D eigenvalue weighted by molar-refractivity contribution is 5.73. The molecule has 0 unspecified atom stereocenters. The summed E-state index contributed by atoms with van der Waals surface area (Å²) in [4.78, 5) is 15.1. The van der Waals surface area contributed by atoms with Gasteiger partial charge in [-0.05, 0) is 24.6 Å². The zero-order chi connectivity index (χ0) is 13.4. The molecule has 1 atom stereocenters. The van der Waals surface area contributed by atoms with Crippen molar-refractivity contribution >= 4 is 11.7 Å². The van der Waals surface area contributed by atoms with Crippen molar-refractivity contribution in [2.45, 2.75) is 19.4 Å². The molecule has 7 nitrogen and oxygen atoms in total. The number of aryl methyl sites for hydroxylation is 1. The van der Waals surface area contributed by atoms with Crippen molar-refractivity contribution in [3.05, 3.63) is 29.8 Å². The van der Waals surface area contributed by atoms with Crippen molar-refractivity contribution < 1.29 is 14.7 Å². The number of hydrogen-bond acceptors (Lipinski definition) is 5. The molecule has 0 saturated carbocycles. The van der Waals surface area contributed by atoms with Gasteiger partial charge < -0.3 is 9.94 Å². The smallest absolute Gasteiger partial charge is 0.330 e. The van der Waals surface area contributed by atoms with Crippen LogP contribution in [0.4, 0.5) is 5.69 Å². The van der Waals surface area contributed by atoms with Crippen molar-refractivity contribution in [2.75, 3.05) is 12.0 Å². The van der Waals surface area contributed by atoms with E-state index in [2.05, 4.69) is 20.6 Å². The summed E-state index contributed by atoms with van der Waals surface area (Å²) in [6.07, 6.45) is 0.171. The second-order valence-electron chi connectivity index (χ2n) is 3.71. The van der Waals surface area contributed by atoms with Gasteiger partial charge >= 0.3 is 5.97 Å². The third kappa shape index (κ3) is 4.89. The lowest BCUT2D eigenvalue weighted by Gasteiger charge is -2.05. The maximum atomic E-state index is 10.8. The first-order valence-electron chi connectivity index (χ1n) is 5.40. The quantitative estimate of drug-likeness (QED) is 0.503. The van der Waals surface area contributed by atoms with Gasteiger partial charge in [-0.25, -0.2) is 10.7 Å². The first-order valence-corrected chi connectivity index (χ1v) is 5.40. The summed E-state index contributed by atoms with van der Waals surface area (Å²) in [6, 6.07) is 6.53. The van der Waals surface area contributed by atoms with E-state index >= 15 is 0 Å². The monoisotopic (exact) mass is 252 g/mol. The Morgan fingerprint density at radius 3 is 3.00 bits per heavy atom. The van der Waals surface area contributed by atoms with Crippen LogP contribution in [0.15, 0.2) is 34.6 Å². The van der Waals surface area contributed by atoms with Crippen LogP contribution in [0.25, 0.3) is 0 Å². The molecule has 0 heterocycles. The van der Waals surface area contributed by atoms with Gasteiger partial charge in [0.1, 0.15) is 0 Å². The third-order valence-electron chi connectivity index (χ3n) is 2.19. The Labute approximate surface area is 105 Å². The molecule has 0 radical (unpaired) electrons. The molecule has 7 heteroatoms. The van der Waals surface area contributed by atoms with Crippen LogP contribution >= 0.6 is 0 Å². The summed E-state index contributed by atoms with van der Waals surface area (Å²) < 4.78 is 0. The summed E-state index contributed by atoms with van der Waals surface area (Å²) in [5.41, 5.74) is 4.49. The highest BCUT2D eigenvalue weighted by atomic mass is 16.6. The van der Waals surface area contributed by atoms with E-state index < -0.39 is 12.0 Å². The average molecular weight is 252 g/mol. The molecule has 1 rings (SSSR count). The molecule has 18 heavy (non-hydrogen) atoms. The highest BCUT2D eigenvalue weighted by Crippen LogP contribution is 2.09. The topological polar surface area (TPSA) is 109 Å². The zero-order valence-corrected chi connectivity index (χ0v) is 10.0. The molecule has 0 aromatic heterocycles. The Bertz CT molecular complexity index is 423. The fraction of sp³-hybridized carbons (Fsp3) is 0.364. The number of carboxylic acid groups (broad SMARTS) is 1. The predicted octanol–water partition coefficient (Wildman–Crippen LogP) is 1.51. The maximum absolute atomic E-state index is 10.8. The number of hydrogen-bond donors (Lipinski definition) is 3. The van der Waals surface area contributed by atoms with Crippen LogP contribution in [0.2, 0.25) is 0 Å². The molecule has 1 aromatic rings. The van der Waals surface area contributed by atoms with Gasteiger partial charge in [0.05, 0.1) is 12.3 Å². The fourth-order valence-electron chi connectivity index (χ4n) is 1.28. The van der Waals surface area contributed by atoms with Gasteiger partial charge in [0, 0.05) is 6.42 Å². The van der Waals surface area contributed by atoms with Crippen LogP contribution in [0.1, 0.15) is 12.0 Å². The molecular formula is C11H16N4O3. The third-order valence-corrected chi connectivity index (χ3v) is 2.19. The average Bonchev–Trinajstić information content (AvgIpc) is 2.33. The summed E-state index contributed by atoms with van der Waals surface area (Å²) >= 11 is 0. The first kappa shape index (κ1) is 14.1. The number of nitrogens with one attached hydrogen (secondary N) is 1. The minimum absolute atomic E-state index is 0.112. The zero-order valence-electron chi connectivity index (χ0n) is 10.0. The van der Waals surface area contributed by atoms with Crippen molar-refractivity contribution in [3.8, 4) is 0 Å². The van der Waals surface area contributed by atoms with E-state index in [4.69, 9.17) is 11.0 Å². The van der Waals surface area contributed by atoms with E-state index in [1.165, 1.54) is 0 Å². The van der Waals surface area contributed by atoms with Gasteiger partial charge in [-0.15, -0.1) is 0 Å². The molecule has 0 spiro atoms. The van der Waals surface area contributed by atoms with Gasteiger partial charge in [-0.3, -0.25) is 5.43 Å². The number of carbonyl (C=O) groups is 1. The van der Waals surface area contributed by atoms with Gasteiger partial charge in [0.2, 0.25) is 0 Å². The van der Waals surface area contributed by atoms with Crippen LogP contribution in [-0.2, 0) is 9.63 Å². The molecule has 4 N–H and O–H groups in total. The Morgan fingerprint density at radius 1 is 1.61 bits per heavy atom. The summed E-state index contributed by atoms with van der Waals surface area (Å²) in [7, 11) is 0. The van der Waals surface area contributed by atoms with Crippen LogP contribution < -0.4 is 11.3 Å². The molecule has 98 valence electrons. The molecule has 0 aliphatic rings. The van der Waals surface area contributed by atoms with Crippen molar-refractivity contribution in [2.24, 2.45) is 16.2 Å². The van der Waals surface area contributed by atoms with E-state index in [0.29, 0.717) is 0 Å². The number of nitrogens with zero attached hydrogens (tertiary/aromatic N) is 2. The Hall–Kier alpha value is -1.99. The lowest BCUT2D eigenvalue weighted by atomic mass is 10.2. The molecule has 0 aliphatic heterocycles. The minimum atomic E-state index is -1.07. The van der Waals surface area contributed by atoms with Crippen molar-refractivity contribution in [3.63, 3.8) is 0 Å². The molecule has 0 fully saturated rings. The maximum Gasteiger partial charge on any atom is 0.330 e. The van der Waals surface area contributed by atoms with Gasteiger partial charge in [0.15, 0.2) is 6.04 Å². The first-order chi connectivity index (χ1) is 8.63. The Morgan fingerprint density at radius 2 is 2.39 bits per heavy atom. The molecule has 0 aliphatic carbocycles. The molecule has 1 aromatic carbocycles. The lowest BCUT2D eigenvalue weighted by Crippen LogP contribution is -2.20. The number of rotatable bonds is 7. The minimum Gasteiger partial charge on any atom is -0.480 e. The van der Waals surface area contributed by atoms with E-state index in [1.54, 1.807) is 0 Å². The van der Waals surface area contributed by atoms with E-state index in [0.717, 1.165) is 11.3 Å². The predicted molar refractivity (Wildman–Crippen MR) is 65.8 cm³/mol. The number of nitrogens with two attached hydrogens (primary N) is 1. The fourth-order valence-corrected chi connectivity index (χ4v) is 1.28.